The monoisotopic (exact) mass is 406 g/mol. The van der Waals surface area contributed by atoms with Crippen LogP contribution in [0, 0.1) is 29.1 Å². The van der Waals surface area contributed by atoms with Crippen molar-refractivity contribution in [3.05, 3.63) is 82.7 Å². The van der Waals surface area contributed by atoms with Gasteiger partial charge in [-0.1, -0.05) is 36.4 Å². The fraction of sp³-hybridized carbons (Fsp3) is 0.0909. The highest BCUT2D eigenvalue weighted by Gasteiger charge is 2.26. The molecular weight excluding hydrogens is 391 g/mol. The topological polar surface area (TPSA) is 18.5 Å². The summed E-state index contributed by atoms with van der Waals surface area (Å²) < 4.78 is 78.3. The Balaban J connectivity index is 1.92. The van der Waals surface area contributed by atoms with Gasteiger partial charge in [0.15, 0.2) is 23.3 Å². The van der Waals surface area contributed by atoms with Crippen LogP contribution in [-0.4, -0.2) is 14.2 Å². The van der Waals surface area contributed by atoms with Crippen molar-refractivity contribution in [3.63, 3.8) is 0 Å². The maximum Gasteiger partial charge on any atom is 0.200 e. The van der Waals surface area contributed by atoms with E-state index in [4.69, 9.17) is 9.47 Å². The molecule has 7 heteroatoms. The third-order valence-electron chi connectivity index (χ3n) is 4.25. The number of hydrogen-bond acceptors (Lipinski definition) is 2. The van der Waals surface area contributed by atoms with Gasteiger partial charge >= 0.3 is 0 Å². The van der Waals surface area contributed by atoms with E-state index in [1.807, 2.05) is 0 Å². The highest BCUT2D eigenvalue weighted by Crippen LogP contribution is 2.32. The van der Waals surface area contributed by atoms with Gasteiger partial charge < -0.3 is 9.47 Å². The predicted molar refractivity (Wildman–Crippen MR) is 100 cm³/mol. The lowest BCUT2D eigenvalue weighted by molar-refractivity contribution is 0.381. The number of rotatable bonds is 5. The van der Waals surface area contributed by atoms with E-state index in [0.717, 1.165) is 5.56 Å². The summed E-state index contributed by atoms with van der Waals surface area (Å²) in [4.78, 5) is 0. The van der Waals surface area contributed by atoms with Crippen LogP contribution < -0.4 is 9.47 Å². The summed E-state index contributed by atoms with van der Waals surface area (Å²) in [6.07, 6.45) is 3.48. The molecule has 0 aliphatic heterocycles. The molecule has 0 saturated carbocycles. The maximum atomic E-state index is 13.9. The molecule has 3 aromatic carbocycles. The zero-order chi connectivity index (χ0) is 21.1. The van der Waals surface area contributed by atoms with Crippen LogP contribution in [-0.2, 0) is 0 Å². The first-order valence-corrected chi connectivity index (χ1v) is 8.38. The Kier molecular flexibility index (Phi) is 5.87. The van der Waals surface area contributed by atoms with Crippen molar-refractivity contribution in [2.24, 2.45) is 0 Å². The Hall–Kier alpha value is -3.35. The van der Waals surface area contributed by atoms with Crippen molar-refractivity contribution in [1.29, 1.82) is 0 Å². The van der Waals surface area contributed by atoms with Gasteiger partial charge in [0.25, 0.3) is 0 Å². The average Bonchev–Trinajstić information content (AvgIpc) is 2.75. The van der Waals surface area contributed by atoms with Crippen LogP contribution in [0.4, 0.5) is 22.0 Å². The minimum atomic E-state index is -2.18. The lowest BCUT2D eigenvalue weighted by atomic mass is 10.0. The van der Waals surface area contributed by atoms with Crippen LogP contribution >= 0.6 is 0 Å². The van der Waals surface area contributed by atoms with Crippen LogP contribution in [0.2, 0.25) is 0 Å². The maximum absolute atomic E-state index is 13.9. The molecule has 2 nitrogen and oxygen atoms in total. The molecular formula is C22H15F5O2. The van der Waals surface area contributed by atoms with Crippen molar-refractivity contribution in [3.8, 4) is 22.6 Å². The van der Waals surface area contributed by atoms with Gasteiger partial charge in [-0.05, 0) is 28.8 Å². The molecule has 0 heterocycles. The second-order valence-electron chi connectivity index (χ2n) is 6.05. The molecule has 3 rings (SSSR count). The molecule has 0 radical (unpaired) electrons. The van der Waals surface area contributed by atoms with Crippen molar-refractivity contribution in [2.45, 2.75) is 0 Å². The SMILES string of the molecule is COc1cc(/C=C/c2ccc(-c3c(F)c(F)c(F)c(F)c3F)cc2)cc(OC)c1. The standard InChI is InChI=1S/C22H15F5O2/c1-28-15-9-13(10-16(11-15)29-2)4-3-12-5-7-14(8-6-12)17-18(23)20(25)22(27)21(26)19(17)24/h3-11H,1-2H3/b4-3+. The molecule has 0 fully saturated rings. The minimum Gasteiger partial charge on any atom is -0.497 e. The lowest BCUT2D eigenvalue weighted by Gasteiger charge is -2.09. The quantitative estimate of drug-likeness (QED) is 0.216. The Morgan fingerprint density at radius 3 is 1.52 bits per heavy atom. The number of halogens is 5. The van der Waals surface area contributed by atoms with Gasteiger partial charge in [-0.3, -0.25) is 0 Å². The predicted octanol–water partition coefficient (Wildman–Crippen LogP) is 6.24. The molecule has 0 unspecified atom stereocenters. The molecule has 0 aliphatic rings. The molecule has 3 aromatic rings. The van der Waals surface area contributed by atoms with E-state index in [1.165, 1.54) is 38.5 Å². The largest absolute Gasteiger partial charge is 0.497 e. The summed E-state index contributed by atoms with van der Waals surface area (Å²) in [5.74, 6) is -8.67. The number of benzene rings is 3. The molecule has 0 aromatic heterocycles. The zero-order valence-electron chi connectivity index (χ0n) is 15.4. The second-order valence-corrected chi connectivity index (χ2v) is 6.05. The van der Waals surface area contributed by atoms with E-state index >= 15 is 0 Å². The molecule has 0 bridgehead atoms. The smallest absolute Gasteiger partial charge is 0.200 e. The van der Waals surface area contributed by atoms with E-state index in [0.29, 0.717) is 17.1 Å². The summed E-state index contributed by atoms with van der Waals surface area (Å²) in [6, 6.07) is 10.8. The summed E-state index contributed by atoms with van der Waals surface area (Å²) in [7, 11) is 3.06. The molecule has 0 aliphatic carbocycles. The van der Waals surface area contributed by atoms with Gasteiger partial charge in [-0.25, -0.2) is 22.0 Å². The second kappa shape index (κ2) is 8.34. The molecule has 29 heavy (non-hydrogen) atoms. The van der Waals surface area contributed by atoms with Crippen LogP contribution in [0.15, 0.2) is 42.5 Å². The highest BCUT2D eigenvalue weighted by atomic mass is 19.2. The lowest BCUT2D eigenvalue weighted by Crippen LogP contribution is -2.03. The minimum absolute atomic E-state index is 0.127. The van der Waals surface area contributed by atoms with E-state index in [9.17, 15) is 22.0 Å². The molecule has 0 atom stereocenters. The summed E-state index contributed by atoms with van der Waals surface area (Å²) in [5, 5.41) is 0. The average molecular weight is 406 g/mol. The third kappa shape index (κ3) is 4.08. The van der Waals surface area contributed by atoms with Crippen molar-refractivity contribution < 1.29 is 31.4 Å². The Labute approximate surface area is 163 Å². The van der Waals surface area contributed by atoms with Gasteiger partial charge in [0, 0.05) is 6.07 Å². The van der Waals surface area contributed by atoms with Crippen LogP contribution in [0.1, 0.15) is 11.1 Å². The number of ether oxygens (including phenoxy) is 2. The Bertz CT molecular complexity index is 1020. The van der Waals surface area contributed by atoms with E-state index in [-0.39, 0.29) is 5.56 Å². The van der Waals surface area contributed by atoms with Crippen molar-refractivity contribution in [2.75, 3.05) is 14.2 Å². The van der Waals surface area contributed by atoms with E-state index < -0.39 is 34.6 Å². The molecule has 0 saturated heterocycles. The highest BCUT2D eigenvalue weighted by molar-refractivity contribution is 5.73. The molecule has 150 valence electrons. The van der Waals surface area contributed by atoms with Gasteiger partial charge in [0.1, 0.15) is 11.5 Å². The zero-order valence-corrected chi connectivity index (χ0v) is 15.4. The van der Waals surface area contributed by atoms with Gasteiger partial charge in [0.05, 0.1) is 19.8 Å². The fourth-order valence-corrected chi connectivity index (χ4v) is 2.74. The molecule has 0 spiro atoms. The van der Waals surface area contributed by atoms with Crippen LogP contribution in [0.3, 0.4) is 0 Å². The summed E-state index contributed by atoms with van der Waals surface area (Å²) >= 11 is 0. The molecule has 0 amide bonds. The third-order valence-corrected chi connectivity index (χ3v) is 4.25. The summed E-state index contributed by atoms with van der Waals surface area (Å²) in [5.41, 5.74) is 0.344. The Morgan fingerprint density at radius 1 is 0.586 bits per heavy atom. The van der Waals surface area contributed by atoms with Gasteiger partial charge in [-0.2, -0.15) is 0 Å². The first-order chi connectivity index (χ1) is 13.8. The Morgan fingerprint density at radius 2 is 1.03 bits per heavy atom. The van der Waals surface area contributed by atoms with E-state index in [1.54, 1.807) is 30.4 Å². The van der Waals surface area contributed by atoms with Gasteiger partial charge in [0.2, 0.25) is 5.82 Å². The number of hydrogen-bond donors (Lipinski definition) is 0. The summed E-state index contributed by atoms with van der Waals surface area (Å²) in [6.45, 7) is 0. The van der Waals surface area contributed by atoms with Gasteiger partial charge in [-0.15, -0.1) is 0 Å². The molecule has 0 N–H and O–H groups in total. The first kappa shape index (κ1) is 20.4. The number of methoxy groups -OCH3 is 2. The van der Waals surface area contributed by atoms with Crippen molar-refractivity contribution >= 4 is 12.2 Å². The normalized spacial score (nSPS) is 11.1. The van der Waals surface area contributed by atoms with Crippen molar-refractivity contribution in [1.82, 2.24) is 0 Å². The fourth-order valence-electron chi connectivity index (χ4n) is 2.74. The van der Waals surface area contributed by atoms with Crippen LogP contribution in [0.25, 0.3) is 23.3 Å². The van der Waals surface area contributed by atoms with E-state index in [2.05, 4.69) is 0 Å². The first-order valence-electron chi connectivity index (χ1n) is 8.38. The van der Waals surface area contributed by atoms with Crippen LogP contribution in [0.5, 0.6) is 11.5 Å².